The van der Waals surface area contributed by atoms with Gasteiger partial charge in [0.1, 0.15) is 12.2 Å². The normalized spacial score (nSPS) is 9.17. The maximum Gasteiger partial charge on any atom is 0.313 e. The van der Waals surface area contributed by atoms with Crippen LogP contribution in [0.15, 0.2) is 0 Å². The van der Waals surface area contributed by atoms with Gasteiger partial charge >= 0.3 is 11.9 Å². The second-order valence-corrected chi connectivity index (χ2v) is 5.78. The highest BCUT2D eigenvalue weighted by atomic mass is 79.9. The Kier molecular flexibility index (Phi) is 24.7. The van der Waals surface area contributed by atoms with Gasteiger partial charge in [0.2, 0.25) is 0 Å². The first kappa shape index (κ1) is 27.0. The molecule has 138 valence electrons. The van der Waals surface area contributed by atoms with Crippen LogP contribution in [0.3, 0.4) is 0 Å². The molecule has 23 heavy (non-hydrogen) atoms. The molecule has 0 radical (unpaired) electrons. The lowest BCUT2D eigenvalue weighted by molar-refractivity contribution is -0.145. The predicted molar refractivity (Wildman–Crippen MR) is 97.0 cm³/mol. The average Bonchev–Trinajstić information content (AvgIpc) is 2.47. The van der Waals surface area contributed by atoms with Gasteiger partial charge in [-0.3, -0.25) is 14.4 Å². The van der Waals surface area contributed by atoms with Gasteiger partial charge in [-0.25, -0.2) is 0 Å². The lowest BCUT2D eigenvalue weighted by atomic mass is 9.99. The van der Waals surface area contributed by atoms with Gasteiger partial charge in [-0.05, 0) is 33.1 Å². The maximum absolute atomic E-state index is 10.5. The van der Waals surface area contributed by atoms with Crippen LogP contribution in [0.5, 0.6) is 0 Å². The van der Waals surface area contributed by atoms with E-state index >= 15 is 0 Å². The molecular formula is C17H33BrO5. The van der Waals surface area contributed by atoms with E-state index in [-0.39, 0.29) is 18.1 Å². The van der Waals surface area contributed by atoms with Crippen LogP contribution in [0.2, 0.25) is 0 Å². The van der Waals surface area contributed by atoms with Crippen molar-refractivity contribution in [2.24, 2.45) is 5.92 Å². The van der Waals surface area contributed by atoms with E-state index < -0.39 is 11.9 Å². The number of hydrogen-bond donors (Lipinski definition) is 1. The number of ether oxygens (including phenoxy) is 1. The third-order valence-corrected chi connectivity index (χ3v) is 3.30. The van der Waals surface area contributed by atoms with Crippen molar-refractivity contribution in [2.75, 3.05) is 11.9 Å². The lowest BCUT2D eigenvalue weighted by Crippen LogP contribution is -2.12. The van der Waals surface area contributed by atoms with Gasteiger partial charge in [-0.1, -0.05) is 49.5 Å². The Balaban J connectivity index is -0.000000284. The summed E-state index contributed by atoms with van der Waals surface area (Å²) in [7, 11) is 0. The fourth-order valence-corrected chi connectivity index (χ4v) is 1.50. The third kappa shape index (κ3) is 26.3. The number of rotatable bonds is 9. The van der Waals surface area contributed by atoms with E-state index in [1.807, 2.05) is 13.8 Å². The Morgan fingerprint density at radius 3 is 1.65 bits per heavy atom. The van der Waals surface area contributed by atoms with Crippen molar-refractivity contribution in [3.05, 3.63) is 0 Å². The highest BCUT2D eigenvalue weighted by Crippen LogP contribution is 2.12. The van der Waals surface area contributed by atoms with Crippen LogP contribution in [-0.2, 0) is 19.1 Å². The molecule has 0 amide bonds. The third-order valence-electron chi connectivity index (χ3n) is 2.51. The van der Waals surface area contributed by atoms with E-state index in [2.05, 4.69) is 27.6 Å². The second kappa shape index (κ2) is 21.1. The molecule has 0 aromatic heterocycles. The number of alkyl halides is 1. The van der Waals surface area contributed by atoms with Crippen LogP contribution in [0.4, 0.5) is 0 Å². The summed E-state index contributed by atoms with van der Waals surface area (Å²) in [6.45, 7) is 9.58. The molecule has 6 heteroatoms. The summed E-state index contributed by atoms with van der Waals surface area (Å²) in [5.41, 5.74) is 0. The van der Waals surface area contributed by atoms with E-state index in [4.69, 9.17) is 5.11 Å². The van der Waals surface area contributed by atoms with Crippen molar-refractivity contribution in [3.8, 4) is 0 Å². The summed E-state index contributed by atoms with van der Waals surface area (Å²) in [6, 6.07) is 0. The molecule has 5 nitrogen and oxygen atoms in total. The van der Waals surface area contributed by atoms with E-state index in [1.54, 1.807) is 6.92 Å². The SMILES string of the molecule is CCCBr.CCCC(CCC)C(=O)O.CCOC(=O)CC(C)=O. The Morgan fingerprint density at radius 1 is 1.00 bits per heavy atom. The van der Waals surface area contributed by atoms with E-state index in [1.165, 1.54) is 13.3 Å². The van der Waals surface area contributed by atoms with Crippen molar-refractivity contribution in [3.63, 3.8) is 0 Å². The first-order chi connectivity index (χ1) is 10.8. The molecule has 0 bridgehead atoms. The van der Waals surface area contributed by atoms with Crippen molar-refractivity contribution in [2.45, 2.75) is 73.1 Å². The quantitative estimate of drug-likeness (QED) is 0.349. The van der Waals surface area contributed by atoms with E-state index in [0.29, 0.717) is 6.61 Å². The summed E-state index contributed by atoms with van der Waals surface area (Å²) in [5, 5.41) is 9.77. The summed E-state index contributed by atoms with van der Waals surface area (Å²) in [5.74, 6) is -1.34. The molecule has 1 N–H and O–H groups in total. The topological polar surface area (TPSA) is 80.7 Å². The summed E-state index contributed by atoms with van der Waals surface area (Å²) < 4.78 is 4.49. The van der Waals surface area contributed by atoms with Crippen LogP contribution >= 0.6 is 15.9 Å². The van der Waals surface area contributed by atoms with E-state index in [9.17, 15) is 14.4 Å². The molecule has 0 spiro atoms. The molecule has 0 saturated carbocycles. The summed E-state index contributed by atoms with van der Waals surface area (Å²) in [6.07, 6.45) is 4.72. The number of esters is 1. The van der Waals surface area contributed by atoms with Gasteiger partial charge in [0.25, 0.3) is 0 Å². The van der Waals surface area contributed by atoms with Crippen molar-refractivity contribution >= 4 is 33.7 Å². The number of carbonyl (C=O) groups is 3. The Bertz CT molecular complexity index is 297. The van der Waals surface area contributed by atoms with E-state index in [0.717, 1.165) is 31.0 Å². The smallest absolute Gasteiger partial charge is 0.313 e. The minimum absolute atomic E-state index is 0.102. The van der Waals surface area contributed by atoms with Crippen LogP contribution in [0.1, 0.15) is 73.1 Å². The standard InChI is InChI=1S/C8H16O2.C6H10O3.C3H7Br/c1-3-5-7(6-4-2)8(9)10;1-3-9-6(8)4-5(2)7;1-2-3-4/h7H,3-6H2,1-2H3,(H,9,10);3-4H2,1-2H3;2-3H2,1H3. The van der Waals surface area contributed by atoms with Gasteiger partial charge in [-0.2, -0.15) is 0 Å². The molecule has 0 saturated heterocycles. The van der Waals surface area contributed by atoms with Crippen molar-refractivity contribution in [1.29, 1.82) is 0 Å². The molecule has 0 fully saturated rings. The van der Waals surface area contributed by atoms with Gasteiger partial charge in [0, 0.05) is 5.33 Å². The predicted octanol–water partition coefficient (Wildman–Crippen LogP) is 4.61. The van der Waals surface area contributed by atoms with Gasteiger partial charge in [0.05, 0.1) is 12.5 Å². The number of aliphatic carboxylic acids is 1. The summed E-state index contributed by atoms with van der Waals surface area (Å²) >= 11 is 3.25. The van der Waals surface area contributed by atoms with Crippen molar-refractivity contribution in [1.82, 2.24) is 0 Å². The number of ketones is 1. The molecule has 0 aliphatic heterocycles. The fourth-order valence-electron chi connectivity index (χ4n) is 1.50. The fraction of sp³-hybridized carbons (Fsp3) is 0.824. The molecule has 0 unspecified atom stereocenters. The molecule has 0 aliphatic rings. The number of hydrogen-bond acceptors (Lipinski definition) is 4. The monoisotopic (exact) mass is 396 g/mol. The number of carboxylic acid groups (broad SMARTS) is 1. The van der Waals surface area contributed by atoms with Gasteiger partial charge in [-0.15, -0.1) is 0 Å². The number of halogens is 1. The Hall–Kier alpha value is -0.910. The molecule has 0 aromatic rings. The average molecular weight is 397 g/mol. The van der Waals surface area contributed by atoms with Gasteiger partial charge in [0.15, 0.2) is 0 Å². The number of carboxylic acids is 1. The molecule has 0 heterocycles. The van der Waals surface area contributed by atoms with Gasteiger partial charge < -0.3 is 9.84 Å². The Morgan fingerprint density at radius 2 is 1.43 bits per heavy atom. The number of carbonyl (C=O) groups excluding carboxylic acids is 2. The Labute approximate surface area is 149 Å². The minimum Gasteiger partial charge on any atom is -0.481 e. The second-order valence-electron chi connectivity index (χ2n) is 4.99. The zero-order chi connectivity index (χ0) is 18.7. The first-order valence-corrected chi connectivity index (χ1v) is 9.36. The molecule has 0 atom stereocenters. The highest BCUT2D eigenvalue weighted by molar-refractivity contribution is 9.09. The highest BCUT2D eigenvalue weighted by Gasteiger charge is 2.13. The van der Waals surface area contributed by atoms with Crippen LogP contribution in [-0.4, -0.2) is 34.8 Å². The minimum atomic E-state index is -0.635. The first-order valence-electron chi connectivity index (χ1n) is 8.24. The largest absolute Gasteiger partial charge is 0.481 e. The lowest BCUT2D eigenvalue weighted by Gasteiger charge is -2.07. The van der Waals surface area contributed by atoms with Crippen LogP contribution < -0.4 is 0 Å². The zero-order valence-electron chi connectivity index (χ0n) is 15.2. The van der Waals surface area contributed by atoms with Crippen LogP contribution in [0.25, 0.3) is 0 Å². The molecule has 0 aromatic carbocycles. The molecule has 0 aliphatic carbocycles. The molecular weight excluding hydrogens is 364 g/mol. The van der Waals surface area contributed by atoms with Crippen LogP contribution in [0, 0.1) is 5.92 Å². The molecule has 0 rings (SSSR count). The van der Waals surface area contributed by atoms with Crippen molar-refractivity contribution < 1.29 is 24.2 Å². The zero-order valence-corrected chi connectivity index (χ0v) is 16.8. The summed E-state index contributed by atoms with van der Waals surface area (Å²) in [4.78, 5) is 31.1. The number of Topliss-reactive ketones (excluding diaryl/α,β-unsaturated/α-hetero) is 1. The maximum atomic E-state index is 10.5.